The van der Waals surface area contributed by atoms with Gasteiger partial charge in [-0.3, -0.25) is 9.59 Å². The van der Waals surface area contributed by atoms with Crippen LogP contribution in [0, 0.1) is 5.92 Å². The number of nitrogens with one attached hydrogen (secondary N) is 1. The molecule has 2 fully saturated rings. The summed E-state index contributed by atoms with van der Waals surface area (Å²) >= 11 is 0. The predicted octanol–water partition coefficient (Wildman–Crippen LogP) is 1.42. The molecule has 0 spiro atoms. The number of pyridine rings is 1. The van der Waals surface area contributed by atoms with E-state index in [0.717, 1.165) is 0 Å². The van der Waals surface area contributed by atoms with Gasteiger partial charge in [-0.15, -0.1) is 0 Å². The number of aromatic nitrogens is 4. The van der Waals surface area contributed by atoms with Gasteiger partial charge in [0.15, 0.2) is 5.65 Å². The van der Waals surface area contributed by atoms with Crippen LogP contribution in [0.3, 0.4) is 0 Å². The molecule has 0 saturated carbocycles. The lowest BCUT2D eigenvalue weighted by molar-refractivity contribution is -0.122. The lowest BCUT2D eigenvalue weighted by Gasteiger charge is -2.44. The molecule has 0 unspecified atom stereocenters. The maximum absolute atomic E-state index is 12.8. The Morgan fingerprint density at radius 3 is 3.00 bits per heavy atom. The molecular formula is C21H26N6O2. The molecule has 8 nitrogen and oxygen atoms in total. The zero-order chi connectivity index (χ0) is 19.8. The summed E-state index contributed by atoms with van der Waals surface area (Å²) in [6, 6.07) is 4.20. The second kappa shape index (κ2) is 7.59. The third kappa shape index (κ3) is 3.42. The van der Waals surface area contributed by atoms with Crippen LogP contribution in [-0.4, -0.2) is 55.6 Å². The smallest absolute Gasteiger partial charge is 0.262 e. The highest BCUT2D eigenvalue weighted by Crippen LogP contribution is 2.30. The van der Waals surface area contributed by atoms with Crippen molar-refractivity contribution in [3.63, 3.8) is 0 Å². The molecule has 0 bridgehead atoms. The van der Waals surface area contributed by atoms with Gasteiger partial charge in [-0.2, -0.15) is 5.10 Å². The molecule has 2 aliphatic heterocycles. The minimum atomic E-state index is -0.223. The topological polar surface area (TPSA) is 84.5 Å². The van der Waals surface area contributed by atoms with Gasteiger partial charge in [0.1, 0.15) is 6.54 Å². The predicted molar refractivity (Wildman–Crippen MR) is 110 cm³/mol. The van der Waals surface area contributed by atoms with E-state index in [9.17, 15) is 9.59 Å². The fraction of sp³-hybridized carbons (Fsp3) is 0.524. The Morgan fingerprint density at radius 1 is 1.17 bits per heavy atom. The molecule has 0 radical (unpaired) electrons. The van der Waals surface area contributed by atoms with Crippen molar-refractivity contribution in [3.8, 4) is 0 Å². The van der Waals surface area contributed by atoms with Gasteiger partial charge in [-0.1, -0.05) is 6.42 Å². The minimum absolute atomic E-state index is 0.0209. The summed E-state index contributed by atoms with van der Waals surface area (Å²) in [6.45, 7) is 3.10. The fourth-order valence-corrected chi connectivity index (χ4v) is 4.99. The summed E-state index contributed by atoms with van der Waals surface area (Å²) in [7, 11) is 0. The maximum atomic E-state index is 12.8. The number of hydrogen-bond donors (Lipinski definition) is 1. The molecule has 3 aromatic heterocycles. The van der Waals surface area contributed by atoms with Crippen LogP contribution in [-0.2, 0) is 11.3 Å². The minimum Gasteiger partial charge on any atom is -0.354 e. The van der Waals surface area contributed by atoms with Crippen molar-refractivity contribution in [2.45, 2.75) is 44.7 Å². The van der Waals surface area contributed by atoms with Gasteiger partial charge in [0, 0.05) is 31.0 Å². The molecular weight excluding hydrogens is 368 g/mol. The summed E-state index contributed by atoms with van der Waals surface area (Å²) in [5.74, 6) is 0.395. The molecule has 29 heavy (non-hydrogen) atoms. The van der Waals surface area contributed by atoms with Crippen LogP contribution in [0.25, 0.3) is 16.6 Å². The van der Waals surface area contributed by atoms with E-state index < -0.39 is 0 Å². The van der Waals surface area contributed by atoms with Gasteiger partial charge in [-0.25, -0.2) is 9.50 Å². The van der Waals surface area contributed by atoms with Gasteiger partial charge in [0.2, 0.25) is 5.91 Å². The standard InChI is InChI=1S/C21H26N6O2/c28-20(23-12-15-4-3-10-25-9-2-1-5-17(15)25)14-26-11-7-18-16(21(26)29)13-22-19-6-8-24-27(18)19/h6-8,11,13,15,17H,1-5,9-10,12,14H2,(H,23,28)/t15-,17-/m1/s1. The first kappa shape index (κ1) is 18.3. The highest BCUT2D eigenvalue weighted by atomic mass is 16.2. The molecule has 1 amide bonds. The van der Waals surface area contributed by atoms with Crippen LogP contribution in [0.1, 0.15) is 32.1 Å². The number of amides is 1. The fourth-order valence-electron chi connectivity index (χ4n) is 4.99. The molecule has 2 saturated heterocycles. The second-order valence-electron chi connectivity index (χ2n) is 8.21. The zero-order valence-electron chi connectivity index (χ0n) is 16.5. The number of nitrogens with zero attached hydrogens (tertiary/aromatic N) is 5. The van der Waals surface area contributed by atoms with Crippen LogP contribution in [0.2, 0.25) is 0 Å². The molecule has 5 rings (SSSR count). The molecule has 2 atom stereocenters. The Hall–Kier alpha value is -2.74. The largest absolute Gasteiger partial charge is 0.354 e. The van der Waals surface area contributed by atoms with E-state index in [0.29, 0.717) is 35.1 Å². The molecule has 1 N–H and O–H groups in total. The van der Waals surface area contributed by atoms with Crippen LogP contribution < -0.4 is 10.9 Å². The Balaban J connectivity index is 1.28. The van der Waals surface area contributed by atoms with Gasteiger partial charge in [0.25, 0.3) is 5.56 Å². The molecule has 2 aliphatic rings. The molecule has 5 heterocycles. The van der Waals surface area contributed by atoms with E-state index in [2.05, 4.69) is 20.3 Å². The van der Waals surface area contributed by atoms with Crippen LogP contribution in [0.4, 0.5) is 0 Å². The van der Waals surface area contributed by atoms with E-state index in [4.69, 9.17) is 0 Å². The average Bonchev–Trinajstić information content (AvgIpc) is 3.23. The van der Waals surface area contributed by atoms with Gasteiger partial charge < -0.3 is 14.8 Å². The van der Waals surface area contributed by atoms with Gasteiger partial charge in [0.05, 0.1) is 17.1 Å². The van der Waals surface area contributed by atoms with Crippen molar-refractivity contribution in [2.75, 3.05) is 19.6 Å². The lowest BCUT2D eigenvalue weighted by Crippen LogP contribution is -2.51. The number of carbonyl (C=O) groups excluding carboxylic acids is 1. The van der Waals surface area contributed by atoms with E-state index in [1.807, 2.05) is 6.07 Å². The van der Waals surface area contributed by atoms with Crippen molar-refractivity contribution in [2.24, 2.45) is 5.92 Å². The second-order valence-corrected chi connectivity index (χ2v) is 8.21. The van der Waals surface area contributed by atoms with Crippen molar-refractivity contribution in [3.05, 3.63) is 41.1 Å². The SMILES string of the molecule is O=C(Cn1ccc2c(cnc3ccnn32)c1=O)NC[C@H]1CCCN2CCCC[C@H]12. The summed E-state index contributed by atoms with van der Waals surface area (Å²) in [6.07, 6.45) is 11.1. The molecule has 8 heteroatoms. The molecule has 0 aliphatic carbocycles. The first-order chi connectivity index (χ1) is 14.2. The Labute approximate surface area is 168 Å². The summed E-state index contributed by atoms with van der Waals surface area (Å²) in [4.78, 5) is 32.2. The van der Waals surface area contributed by atoms with Crippen LogP contribution >= 0.6 is 0 Å². The summed E-state index contributed by atoms with van der Waals surface area (Å²) in [5.41, 5.74) is 1.16. The van der Waals surface area contributed by atoms with Crippen molar-refractivity contribution < 1.29 is 4.79 Å². The van der Waals surface area contributed by atoms with Crippen LogP contribution in [0.5, 0.6) is 0 Å². The Morgan fingerprint density at radius 2 is 2.07 bits per heavy atom. The molecule has 152 valence electrons. The number of hydrogen-bond acceptors (Lipinski definition) is 5. The van der Waals surface area contributed by atoms with Gasteiger partial charge in [-0.05, 0) is 50.8 Å². The maximum Gasteiger partial charge on any atom is 0.262 e. The average molecular weight is 394 g/mol. The summed E-state index contributed by atoms with van der Waals surface area (Å²) < 4.78 is 3.09. The Bertz CT molecular complexity index is 1100. The number of rotatable bonds is 4. The monoisotopic (exact) mass is 394 g/mol. The number of carbonyl (C=O) groups is 1. The first-order valence-corrected chi connectivity index (χ1v) is 10.5. The third-order valence-corrected chi connectivity index (χ3v) is 6.46. The van der Waals surface area contributed by atoms with E-state index >= 15 is 0 Å². The number of fused-ring (bicyclic) bond motifs is 4. The van der Waals surface area contributed by atoms with Crippen molar-refractivity contribution in [1.29, 1.82) is 0 Å². The van der Waals surface area contributed by atoms with E-state index in [1.165, 1.54) is 49.8 Å². The van der Waals surface area contributed by atoms with Crippen molar-refractivity contribution in [1.82, 2.24) is 29.4 Å². The van der Waals surface area contributed by atoms with E-state index in [-0.39, 0.29) is 18.0 Å². The quantitative estimate of drug-likeness (QED) is 0.724. The molecule has 3 aromatic rings. The first-order valence-electron chi connectivity index (χ1n) is 10.5. The normalized spacial score (nSPS) is 22.6. The number of piperidine rings is 2. The van der Waals surface area contributed by atoms with Crippen LogP contribution in [0.15, 0.2) is 35.5 Å². The summed E-state index contributed by atoms with van der Waals surface area (Å²) in [5, 5.41) is 7.75. The lowest BCUT2D eigenvalue weighted by atomic mass is 9.83. The van der Waals surface area contributed by atoms with Gasteiger partial charge >= 0.3 is 0 Å². The van der Waals surface area contributed by atoms with E-state index in [1.54, 1.807) is 29.2 Å². The third-order valence-electron chi connectivity index (χ3n) is 6.46. The zero-order valence-corrected chi connectivity index (χ0v) is 16.5. The highest BCUT2D eigenvalue weighted by Gasteiger charge is 2.32. The van der Waals surface area contributed by atoms with Crippen molar-refractivity contribution >= 4 is 22.5 Å². The highest BCUT2D eigenvalue weighted by molar-refractivity contribution is 5.80. The Kier molecular flexibility index (Phi) is 4.79. The molecule has 0 aromatic carbocycles.